The monoisotopic (exact) mass is 346 g/mol. The van der Waals surface area contributed by atoms with Crippen LogP contribution in [0, 0.1) is 0 Å². The quantitative estimate of drug-likeness (QED) is 0.808. The zero-order chi connectivity index (χ0) is 17.7. The second-order valence-corrected chi connectivity index (χ2v) is 7.62. The van der Waals surface area contributed by atoms with Gasteiger partial charge in [0, 0.05) is 18.8 Å². The first-order valence-corrected chi connectivity index (χ1v) is 9.49. The number of para-hydroxylation sites is 1. The van der Waals surface area contributed by atoms with Gasteiger partial charge in [-0.15, -0.1) is 0 Å². The predicted molar refractivity (Wildman–Crippen MR) is 96.3 cm³/mol. The van der Waals surface area contributed by atoms with Crippen molar-refractivity contribution in [3.05, 3.63) is 66.2 Å². The van der Waals surface area contributed by atoms with Crippen molar-refractivity contribution < 1.29 is 13.2 Å². The van der Waals surface area contributed by atoms with Crippen molar-refractivity contribution in [1.29, 1.82) is 0 Å². The van der Waals surface area contributed by atoms with Gasteiger partial charge in [-0.3, -0.25) is 4.79 Å². The minimum Gasteiger partial charge on any atom is -0.314 e. The van der Waals surface area contributed by atoms with Gasteiger partial charge < -0.3 is 4.90 Å². The molecule has 1 atom stereocenters. The Labute approximate surface area is 143 Å². The number of likely N-dealkylation sites (N-methyl/N-ethyl adjacent to an activating group) is 1. The summed E-state index contributed by atoms with van der Waals surface area (Å²) in [6.45, 7) is 1.58. The topological polar surface area (TPSA) is 57.7 Å². The molecular weight excluding hydrogens is 324 g/mol. The van der Waals surface area contributed by atoms with Gasteiger partial charge in [0.1, 0.15) is 0 Å². The van der Waals surface area contributed by atoms with Crippen LogP contribution in [0.5, 0.6) is 0 Å². The summed E-state index contributed by atoms with van der Waals surface area (Å²) in [7, 11) is -1.89. The summed E-state index contributed by atoms with van der Waals surface area (Å²) in [4.78, 5) is 14.0. The lowest BCUT2D eigenvalue weighted by atomic mass is 10.1. The number of rotatable bonds is 6. The largest absolute Gasteiger partial charge is 0.314 e. The molecular formula is C18H22N2O3S. The highest BCUT2D eigenvalue weighted by Crippen LogP contribution is 2.23. The zero-order valence-corrected chi connectivity index (χ0v) is 14.9. The van der Waals surface area contributed by atoms with Crippen LogP contribution in [-0.4, -0.2) is 38.5 Å². The first-order chi connectivity index (χ1) is 11.3. The normalized spacial score (nSPS) is 12.8. The van der Waals surface area contributed by atoms with Crippen molar-refractivity contribution in [2.24, 2.45) is 0 Å². The average Bonchev–Trinajstić information content (AvgIpc) is 2.58. The highest BCUT2D eigenvalue weighted by Gasteiger charge is 2.28. The summed E-state index contributed by atoms with van der Waals surface area (Å²) in [5.41, 5.74) is 1.57. The van der Waals surface area contributed by atoms with Crippen LogP contribution in [0.15, 0.2) is 60.7 Å². The van der Waals surface area contributed by atoms with Crippen LogP contribution in [0.25, 0.3) is 0 Å². The Balaban J connectivity index is 2.22. The number of benzene rings is 2. The lowest BCUT2D eigenvalue weighted by molar-refractivity contribution is -0.118. The van der Waals surface area contributed by atoms with Crippen LogP contribution >= 0.6 is 0 Å². The fraction of sp³-hybridized carbons (Fsp3) is 0.278. The maximum Gasteiger partial charge on any atom is 0.242 e. The first kappa shape index (κ1) is 18.2. The Morgan fingerprint density at radius 2 is 1.50 bits per heavy atom. The van der Waals surface area contributed by atoms with Crippen molar-refractivity contribution in [2.75, 3.05) is 24.7 Å². The Morgan fingerprint density at radius 1 is 1.00 bits per heavy atom. The van der Waals surface area contributed by atoms with Gasteiger partial charge in [0.25, 0.3) is 0 Å². The molecule has 0 N–H and O–H groups in total. The molecule has 0 saturated carbocycles. The summed E-state index contributed by atoms with van der Waals surface area (Å²) in [6.07, 6.45) is 1.13. The van der Waals surface area contributed by atoms with E-state index < -0.39 is 16.1 Å². The summed E-state index contributed by atoms with van der Waals surface area (Å²) < 4.78 is 25.6. The van der Waals surface area contributed by atoms with E-state index in [9.17, 15) is 13.2 Å². The van der Waals surface area contributed by atoms with Crippen LogP contribution in [0.1, 0.15) is 18.5 Å². The summed E-state index contributed by atoms with van der Waals surface area (Å²) in [5, 5.41) is 0. The minimum atomic E-state index is -3.54. The number of nitrogens with zero attached hydrogens (tertiary/aromatic N) is 2. The van der Waals surface area contributed by atoms with E-state index in [-0.39, 0.29) is 12.5 Å². The number of hydrogen-bond acceptors (Lipinski definition) is 3. The van der Waals surface area contributed by atoms with Crippen molar-refractivity contribution in [3.63, 3.8) is 0 Å². The molecule has 0 aliphatic carbocycles. The van der Waals surface area contributed by atoms with E-state index in [1.54, 1.807) is 14.0 Å². The second kappa shape index (κ2) is 7.59. The molecule has 1 unspecified atom stereocenters. The maximum atomic E-state index is 12.6. The highest BCUT2D eigenvalue weighted by atomic mass is 32.2. The Hall–Kier alpha value is -2.18. The van der Waals surface area contributed by atoms with Gasteiger partial charge in [-0.05, 0) is 24.6 Å². The van der Waals surface area contributed by atoms with Crippen LogP contribution < -0.4 is 4.90 Å². The molecule has 0 radical (unpaired) electrons. The van der Waals surface area contributed by atoms with Crippen molar-refractivity contribution in [1.82, 2.24) is 4.31 Å². The molecule has 0 fully saturated rings. The lowest BCUT2D eigenvalue weighted by Crippen LogP contribution is -2.42. The van der Waals surface area contributed by atoms with Crippen molar-refractivity contribution in [2.45, 2.75) is 13.0 Å². The van der Waals surface area contributed by atoms with Crippen LogP contribution in [0.2, 0.25) is 0 Å². The molecule has 2 aromatic carbocycles. The summed E-state index contributed by atoms with van der Waals surface area (Å²) >= 11 is 0. The smallest absolute Gasteiger partial charge is 0.242 e. The highest BCUT2D eigenvalue weighted by molar-refractivity contribution is 7.88. The Morgan fingerprint density at radius 3 is 2.00 bits per heavy atom. The van der Waals surface area contributed by atoms with Gasteiger partial charge in [0.2, 0.25) is 15.9 Å². The van der Waals surface area contributed by atoms with Crippen molar-refractivity contribution >= 4 is 21.6 Å². The number of anilines is 1. The molecule has 0 bridgehead atoms. The molecule has 2 aromatic rings. The van der Waals surface area contributed by atoms with E-state index in [0.717, 1.165) is 17.5 Å². The van der Waals surface area contributed by atoms with E-state index in [4.69, 9.17) is 0 Å². The van der Waals surface area contributed by atoms with Gasteiger partial charge in [-0.2, -0.15) is 4.31 Å². The molecule has 0 spiro atoms. The van der Waals surface area contributed by atoms with E-state index in [0.29, 0.717) is 0 Å². The molecule has 1 amide bonds. The van der Waals surface area contributed by atoms with Gasteiger partial charge in [0.15, 0.2) is 0 Å². The second-order valence-electron chi connectivity index (χ2n) is 5.68. The third-order valence-corrected chi connectivity index (χ3v) is 5.25. The molecule has 5 nitrogen and oxygen atoms in total. The third-order valence-electron chi connectivity index (χ3n) is 3.95. The number of carbonyl (C=O) groups is 1. The molecule has 0 aromatic heterocycles. The summed E-state index contributed by atoms with van der Waals surface area (Å²) in [5.74, 6) is -0.283. The average molecular weight is 346 g/mol. The number of carbonyl (C=O) groups excluding carboxylic acids is 1. The van der Waals surface area contributed by atoms with Gasteiger partial charge >= 0.3 is 0 Å². The third kappa shape index (κ3) is 4.43. The van der Waals surface area contributed by atoms with Crippen LogP contribution in [-0.2, 0) is 14.8 Å². The molecule has 128 valence electrons. The van der Waals surface area contributed by atoms with E-state index in [2.05, 4.69) is 0 Å². The standard InChI is InChI=1S/C18H22N2O3S/c1-15(16-10-6-4-7-11-16)20(24(3,22)23)14-18(21)19(2)17-12-8-5-9-13-17/h4-13,15H,14H2,1-3H3. The molecule has 0 aliphatic heterocycles. The Bertz CT molecular complexity index is 776. The fourth-order valence-corrected chi connectivity index (χ4v) is 3.52. The predicted octanol–water partition coefficient (Wildman–Crippen LogP) is 2.67. The molecule has 0 aliphatic rings. The minimum absolute atomic E-state index is 0.208. The first-order valence-electron chi connectivity index (χ1n) is 7.64. The van der Waals surface area contributed by atoms with Crippen LogP contribution in [0.3, 0.4) is 0 Å². The number of amides is 1. The van der Waals surface area contributed by atoms with E-state index in [1.165, 1.54) is 9.21 Å². The summed E-state index contributed by atoms with van der Waals surface area (Å²) in [6, 6.07) is 18.0. The lowest BCUT2D eigenvalue weighted by Gasteiger charge is -2.28. The number of sulfonamides is 1. The molecule has 6 heteroatoms. The molecule has 2 rings (SSSR count). The van der Waals surface area contributed by atoms with Gasteiger partial charge in [-0.25, -0.2) is 8.42 Å². The molecule has 0 heterocycles. The SMILES string of the molecule is CC(c1ccccc1)N(CC(=O)N(C)c1ccccc1)S(C)(=O)=O. The Kier molecular flexibility index (Phi) is 5.75. The molecule has 0 saturated heterocycles. The maximum absolute atomic E-state index is 12.6. The van der Waals surface area contributed by atoms with E-state index in [1.807, 2.05) is 60.7 Å². The van der Waals surface area contributed by atoms with Gasteiger partial charge in [-0.1, -0.05) is 48.5 Å². The van der Waals surface area contributed by atoms with E-state index >= 15 is 0 Å². The number of hydrogen-bond donors (Lipinski definition) is 0. The zero-order valence-electron chi connectivity index (χ0n) is 14.1. The fourth-order valence-electron chi connectivity index (χ4n) is 2.47. The van der Waals surface area contributed by atoms with Gasteiger partial charge in [0.05, 0.1) is 12.8 Å². The van der Waals surface area contributed by atoms with Crippen LogP contribution in [0.4, 0.5) is 5.69 Å². The van der Waals surface area contributed by atoms with Crippen molar-refractivity contribution in [3.8, 4) is 0 Å². The molecule has 24 heavy (non-hydrogen) atoms.